The second-order valence-corrected chi connectivity index (χ2v) is 12.3. The Bertz CT molecular complexity index is 894. The summed E-state index contributed by atoms with van der Waals surface area (Å²) in [6.45, 7) is 9.54. The van der Waals surface area contributed by atoms with Gasteiger partial charge in [0, 0.05) is 20.1 Å². The lowest BCUT2D eigenvalue weighted by atomic mass is 9.69. The second-order valence-electron chi connectivity index (χ2n) is 12.3. The predicted molar refractivity (Wildman–Crippen MR) is 142 cm³/mol. The zero-order valence-electron chi connectivity index (χ0n) is 22.9. The van der Waals surface area contributed by atoms with Gasteiger partial charge in [0.15, 0.2) is 0 Å². The Balaban J connectivity index is 1.36. The minimum absolute atomic E-state index is 0.0112. The number of fused-ring (bicyclic) bond motifs is 3. The molecule has 200 valence electrons. The van der Waals surface area contributed by atoms with E-state index in [0.29, 0.717) is 12.5 Å². The molecule has 1 atom stereocenters. The average molecular weight is 499 g/mol. The molecule has 4 aliphatic rings. The maximum atomic E-state index is 13.8. The monoisotopic (exact) mass is 498 g/mol. The summed E-state index contributed by atoms with van der Waals surface area (Å²) in [5.41, 5.74) is 1.41. The molecule has 1 aromatic carbocycles. The molecule has 6 heteroatoms. The highest BCUT2D eigenvalue weighted by Gasteiger charge is 2.45. The van der Waals surface area contributed by atoms with Crippen LogP contribution in [0.3, 0.4) is 0 Å². The maximum absolute atomic E-state index is 13.8. The van der Waals surface area contributed by atoms with Crippen LogP contribution in [0.15, 0.2) is 24.3 Å². The van der Waals surface area contributed by atoms with Crippen molar-refractivity contribution >= 4 is 12.1 Å². The summed E-state index contributed by atoms with van der Waals surface area (Å²) in [5.74, 6) is 0.543. The first-order valence-electron chi connectivity index (χ1n) is 14.1. The van der Waals surface area contributed by atoms with Crippen LogP contribution in [0.2, 0.25) is 0 Å². The molecule has 0 spiro atoms. The van der Waals surface area contributed by atoms with Gasteiger partial charge in [-0.3, -0.25) is 9.69 Å². The standard InChI is InChI=1S/C30H46N2O4/c1-29(2,3)36-28(34)31(4)18-9-6-11-23-12-10-13-25(21-23)30(16-7-5-8-17-30)27(33)35-26-22-32-19-14-24(26)15-20-32/h10,12-13,21,24,26H,5-9,11,14-20,22H2,1-4H3/t26-/m0/s1. The zero-order chi connectivity index (χ0) is 25.8. The summed E-state index contributed by atoms with van der Waals surface area (Å²) < 4.78 is 11.8. The van der Waals surface area contributed by atoms with E-state index in [1.807, 2.05) is 20.8 Å². The SMILES string of the molecule is CN(CCCCc1cccc(C2(C(=O)O[C@H]3CN4CCC3CC4)CCCCC2)c1)C(=O)OC(C)(C)C. The molecule has 2 bridgehead atoms. The van der Waals surface area contributed by atoms with Crippen LogP contribution in [-0.4, -0.2) is 66.8 Å². The van der Waals surface area contributed by atoms with Gasteiger partial charge in [-0.15, -0.1) is 0 Å². The van der Waals surface area contributed by atoms with Crippen LogP contribution in [0.1, 0.15) is 89.7 Å². The molecule has 6 nitrogen and oxygen atoms in total. The molecule has 3 saturated heterocycles. The minimum atomic E-state index is -0.503. The van der Waals surface area contributed by atoms with E-state index in [4.69, 9.17) is 9.47 Å². The van der Waals surface area contributed by atoms with E-state index in [1.165, 1.54) is 12.0 Å². The molecular formula is C30H46N2O4. The molecule has 3 heterocycles. The van der Waals surface area contributed by atoms with Crippen molar-refractivity contribution in [3.8, 4) is 0 Å². The van der Waals surface area contributed by atoms with Gasteiger partial charge in [-0.05, 0) is 95.9 Å². The number of piperidine rings is 3. The van der Waals surface area contributed by atoms with Crippen LogP contribution < -0.4 is 0 Å². The van der Waals surface area contributed by atoms with Crippen LogP contribution in [0, 0.1) is 5.92 Å². The Morgan fingerprint density at radius 3 is 2.44 bits per heavy atom. The lowest BCUT2D eigenvalue weighted by molar-refractivity contribution is -0.167. The van der Waals surface area contributed by atoms with Crippen LogP contribution in [0.25, 0.3) is 0 Å². The Kier molecular flexibility index (Phi) is 8.64. The van der Waals surface area contributed by atoms with Crippen molar-refractivity contribution in [2.45, 2.75) is 102 Å². The number of benzene rings is 1. The molecule has 0 radical (unpaired) electrons. The number of nitrogens with zero attached hydrogens (tertiary/aromatic N) is 2. The van der Waals surface area contributed by atoms with E-state index < -0.39 is 11.0 Å². The fraction of sp³-hybridized carbons (Fsp3) is 0.733. The van der Waals surface area contributed by atoms with Gasteiger partial charge in [-0.25, -0.2) is 4.79 Å². The molecule has 1 amide bonds. The van der Waals surface area contributed by atoms with Crippen molar-refractivity contribution in [3.63, 3.8) is 0 Å². The van der Waals surface area contributed by atoms with Gasteiger partial charge in [-0.2, -0.15) is 0 Å². The van der Waals surface area contributed by atoms with Gasteiger partial charge in [0.1, 0.15) is 11.7 Å². The highest BCUT2D eigenvalue weighted by molar-refractivity contribution is 5.83. The molecule has 1 aliphatic carbocycles. The number of aryl methyl sites for hydroxylation is 1. The first-order valence-corrected chi connectivity index (χ1v) is 14.1. The van der Waals surface area contributed by atoms with Crippen LogP contribution in [0.4, 0.5) is 4.79 Å². The average Bonchev–Trinajstić information content (AvgIpc) is 2.87. The number of esters is 1. The van der Waals surface area contributed by atoms with Crippen molar-refractivity contribution in [2.24, 2.45) is 5.92 Å². The molecule has 1 aromatic rings. The largest absolute Gasteiger partial charge is 0.460 e. The van der Waals surface area contributed by atoms with Crippen molar-refractivity contribution in [1.82, 2.24) is 9.80 Å². The fourth-order valence-electron chi connectivity index (χ4n) is 6.19. The molecule has 0 N–H and O–H groups in total. The summed E-state index contributed by atoms with van der Waals surface area (Å²) >= 11 is 0. The topological polar surface area (TPSA) is 59.1 Å². The van der Waals surface area contributed by atoms with E-state index in [0.717, 1.165) is 83.0 Å². The number of unbranched alkanes of at least 4 members (excludes halogenated alkanes) is 1. The zero-order valence-corrected chi connectivity index (χ0v) is 22.9. The molecule has 36 heavy (non-hydrogen) atoms. The summed E-state index contributed by atoms with van der Waals surface area (Å²) in [6.07, 6.45) is 10.0. The Morgan fingerprint density at radius 2 is 1.81 bits per heavy atom. The van der Waals surface area contributed by atoms with Gasteiger partial charge >= 0.3 is 12.1 Å². The summed E-state index contributed by atoms with van der Waals surface area (Å²) in [5, 5.41) is 0. The number of rotatable bonds is 8. The lowest BCUT2D eigenvalue weighted by Crippen LogP contribution is -2.53. The van der Waals surface area contributed by atoms with Crippen LogP contribution in [-0.2, 0) is 26.1 Å². The van der Waals surface area contributed by atoms with E-state index in [-0.39, 0.29) is 18.2 Å². The van der Waals surface area contributed by atoms with Gasteiger partial charge < -0.3 is 14.4 Å². The lowest BCUT2D eigenvalue weighted by Gasteiger charge is -2.45. The minimum Gasteiger partial charge on any atom is -0.460 e. The Morgan fingerprint density at radius 1 is 1.08 bits per heavy atom. The second kappa shape index (κ2) is 11.5. The highest BCUT2D eigenvalue weighted by Crippen LogP contribution is 2.42. The number of hydrogen-bond acceptors (Lipinski definition) is 5. The quantitative estimate of drug-likeness (QED) is 0.339. The van der Waals surface area contributed by atoms with Gasteiger partial charge in [0.25, 0.3) is 0 Å². The number of hydrogen-bond donors (Lipinski definition) is 0. The normalized spacial score (nSPS) is 25.3. The predicted octanol–water partition coefficient (Wildman–Crippen LogP) is 5.72. The molecule has 5 rings (SSSR count). The third-order valence-electron chi connectivity index (χ3n) is 8.35. The van der Waals surface area contributed by atoms with Crippen molar-refractivity contribution in [2.75, 3.05) is 33.2 Å². The van der Waals surface area contributed by atoms with E-state index in [1.54, 1.807) is 11.9 Å². The van der Waals surface area contributed by atoms with Gasteiger partial charge in [0.05, 0.1) is 5.41 Å². The van der Waals surface area contributed by atoms with Crippen molar-refractivity contribution in [3.05, 3.63) is 35.4 Å². The molecule has 1 saturated carbocycles. The smallest absolute Gasteiger partial charge is 0.410 e. The number of amides is 1. The van der Waals surface area contributed by atoms with Gasteiger partial charge in [-0.1, -0.05) is 43.5 Å². The fourth-order valence-corrected chi connectivity index (χ4v) is 6.19. The first kappa shape index (κ1) is 27.0. The van der Waals surface area contributed by atoms with Crippen molar-refractivity contribution in [1.29, 1.82) is 0 Å². The summed E-state index contributed by atoms with van der Waals surface area (Å²) in [6, 6.07) is 8.66. The van der Waals surface area contributed by atoms with E-state index in [9.17, 15) is 9.59 Å². The Hall–Kier alpha value is -2.08. The summed E-state index contributed by atoms with van der Waals surface area (Å²) in [4.78, 5) is 30.1. The number of carbonyl (C=O) groups is 2. The molecule has 4 fully saturated rings. The third kappa shape index (κ3) is 6.62. The highest BCUT2D eigenvalue weighted by atomic mass is 16.6. The van der Waals surface area contributed by atoms with Crippen LogP contribution in [0.5, 0.6) is 0 Å². The number of ether oxygens (including phenoxy) is 2. The maximum Gasteiger partial charge on any atom is 0.410 e. The molecule has 0 aromatic heterocycles. The van der Waals surface area contributed by atoms with E-state index in [2.05, 4.69) is 29.2 Å². The molecule has 3 aliphatic heterocycles. The van der Waals surface area contributed by atoms with Crippen LogP contribution >= 0.6 is 0 Å². The summed E-state index contributed by atoms with van der Waals surface area (Å²) in [7, 11) is 1.79. The van der Waals surface area contributed by atoms with E-state index >= 15 is 0 Å². The van der Waals surface area contributed by atoms with Gasteiger partial charge in [0.2, 0.25) is 0 Å². The van der Waals surface area contributed by atoms with Crippen molar-refractivity contribution < 1.29 is 19.1 Å². The molecule has 0 unspecified atom stereocenters. The number of carbonyl (C=O) groups excluding carboxylic acids is 2. The molecular weight excluding hydrogens is 452 g/mol. The Labute approximate surface area is 217 Å². The third-order valence-corrected chi connectivity index (χ3v) is 8.35. The first-order chi connectivity index (χ1) is 17.2.